The van der Waals surface area contributed by atoms with Crippen molar-refractivity contribution >= 4 is 34.8 Å². The minimum Gasteiger partial charge on any atom is -0.481 e. The summed E-state index contributed by atoms with van der Waals surface area (Å²) in [5, 5.41) is 12.0. The zero-order chi connectivity index (χ0) is 35.9. The fourth-order valence-corrected chi connectivity index (χ4v) is 6.81. The third kappa shape index (κ3) is 7.02. The van der Waals surface area contributed by atoms with Gasteiger partial charge in [-0.15, -0.1) is 0 Å². The number of morpholine rings is 1. The van der Waals surface area contributed by atoms with Crippen molar-refractivity contribution in [2.75, 3.05) is 25.0 Å². The molecule has 262 valence electrons. The highest BCUT2D eigenvalue weighted by molar-refractivity contribution is 6.06. The number of imidazole rings is 1. The van der Waals surface area contributed by atoms with Gasteiger partial charge in [0.1, 0.15) is 25.3 Å². The molecule has 0 saturated carbocycles. The second kappa shape index (κ2) is 15.3. The van der Waals surface area contributed by atoms with Gasteiger partial charge in [0.2, 0.25) is 0 Å². The van der Waals surface area contributed by atoms with Crippen LogP contribution in [-0.2, 0) is 24.6 Å². The second-order valence-corrected chi connectivity index (χ2v) is 12.4. The van der Waals surface area contributed by atoms with E-state index in [1.807, 2.05) is 60.7 Å². The lowest BCUT2D eigenvalue weighted by molar-refractivity contribution is -0.169. The van der Waals surface area contributed by atoms with Crippen LogP contribution < -0.4 is 5.32 Å². The Labute approximate surface area is 299 Å². The smallest absolute Gasteiger partial charge is 0.306 e. The summed E-state index contributed by atoms with van der Waals surface area (Å²) in [5.41, 5.74) is 3.53. The largest absolute Gasteiger partial charge is 0.481 e. The Kier molecular flexibility index (Phi) is 10.1. The number of nitrogens with one attached hydrogen (secondary N) is 1. The van der Waals surface area contributed by atoms with Crippen LogP contribution >= 0.6 is 0 Å². The summed E-state index contributed by atoms with van der Waals surface area (Å²) in [5.74, 6) is -1.79. The van der Waals surface area contributed by atoms with Crippen LogP contribution in [0.15, 0.2) is 134 Å². The zero-order valence-electron chi connectivity index (χ0n) is 28.1. The number of amides is 1. The number of anilines is 1. The fourth-order valence-electron chi connectivity index (χ4n) is 6.81. The van der Waals surface area contributed by atoms with E-state index in [1.165, 1.54) is 6.33 Å². The molecule has 12 heteroatoms. The highest BCUT2D eigenvalue weighted by Gasteiger charge is 2.46. The van der Waals surface area contributed by atoms with Crippen molar-refractivity contribution < 1.29 is 29.0 Å². The standard InChI is InChI=1S/C40H36N6O6/c47-34(48)21-22-35(49)51-25-32-23-45(40(29-15-7-2-8-16-29,30-17-9-3-10-18-30)31-19-11-4-12-20-31)24-33(52-32)46-27-43-36-37(41-26-42-38(36)46)44-39(50)28-13-5-1-6-14-28/h1-20,26-27,32-33H,21-25H2,(H,47,48)(H,41,42,44,50)/t32-,33+/m0/s1. The lowest BCUT2D eigenvalue weighted by Gasteiger charge is -2.50. The van der Waals surface area contributed by atoms with Crippen molar-refractivity contribution in [1.82, 2.24) is 24.4 Å². The van der Waals surface area contributed by atoms with Crippen LogP contribution in [0.2, 0.25) is 0 Å². The van der Waals surface area contributed by atoms with E-state index in [0.717, 1.165) is 16.7 Å². The van der Waals surface area contributed by atoms with Crippen LogP contribution in [0.25, 0.3) is 11.2 Å². The molecule has 2 aromatic heterocycles. The Hall–Kier alpha value is -6.24. The van der Waals surface area contributed by atoms with Crippen molar-refractivity contribution in [3.05, 3.63) is 156 Å². The monoisotopic (exact) mass is 696 g/mol. The number of esters is 1. The average molecular weight is 697 g/mol. The number of hydrogen-bond donors (Lipinski definition) is 2. The van der Waals surface area contributed by atoms with Crippen LogP contribution in [0, 0.1) is 0 Å². The second-order valence-electron chi connectivity index (χ2n) is 12.4. The number of aromatic nitrogens is 4. The topological polar surface area (TPSA) is 149 Å². The number of nitrogens with zero attached hydrogens (tertiary/aromatic N) is 5. The summed E-state index contributed by atoms with van der Waals surface area (Å²) >= 11 is 0. The molecular weight excluding hydrogens is 660 g/mol. The van der Waals surface area contributed by atoms with Crippen LogP contribution in [0.5, 0.6) is 0 Å². The van der Waals surface area contributed by atoms with Crippen LogP contribution in [0.4, 0.5) is 5.82 Å². The first-order chi connectivity index (χ1) is 25.4. The molecule has 4 aromatic carbocycles. The molecular formula is C40H36N6O6. The Morgan fingerprint density at radius 3 is 1.92 bits per heavy atom. The summed E-state index contributed by atoms with van der Waals surface area (Å²) in [6.45, 7) is 0.588. The molecule has 2 atom stereocenters. The lowest BCUT2D eigenvalue weighted by atomic mass is 9.75. The van der Waals surface area contributed by atoms with Gasteiger partial charge in [-0.3, -0.25) is 23.9 Å². The van der Waals surface area contributed by atoms with Crippen LogP contribution in [0.3, 0.4) is 0 Å². The molecule has 1 fully saturated rings. The zero-order valence-corrected chi connectivity index (χ0v) is 28.1. The van der Waals surface area contributed by atoms with E-state index in [-0.39, 0.29) is 31.2 Å². The van der Waals surface area contributed by atoms with E-state index in [4.69, 9.17) is 14.6 Å². The quantitative estimate of drug-likeness (QED) is 0.121. The van der Waals surface area contributed by atoms with Gasteiger partial charge in [0, 0.05) is 18.7 Å². The first-order valence-corrected chi connectivity index (χ1v) is 16.9. The molecule has 0 spiro atoms. The fraction of sp³-hybridized carbons (Fsp3) is 0.200. The molecule has 1 saturated heterocycles. The summed E-state index contributed by atoms with van der Waals surface area (Å²) in [7, 11) is 0. The average Bonchev–Trinajstić information content (AvgIpc) is 3.64. The molecule has 2 N–H and O–H groups in total. The summed E-state index contributed by atoms with van der Waals surface area (Å²) in [6.07, 6.45) is 1.06. The predicted octanol–water partition coefficient (Wildman–Crippen LogP) is 5.68. The van der Waals surface area contributed by atoms with E-state index in [2.05, 4.69) is 61.6 Å². The molecule has 1 amide bonds. The number of fused-ring (bicyclic) bond motifs is 1. The Morgan fingerprint density at radius 1 is 0.769 bits per heavy atom. The molecule has 0 aliphatic carbocycles. The first-order valence-electron chi connectivity index (χ1n) is 16.9. The van der Waals surface area contributed by atoms with Gasteiger partial charge in [0.05, 0.1) is 24.7 Å². The number of hydrogen-bond acceptors (Lipinski definition) is 9. The van der Waals surface area contributed by atoms with Gasteiger partial charge in [-0.2, -0.15) is 0 Å². The van der Waals surface area contributed by atoms with E-state index < -0.39 is 29.8 Å². The Balaban J connectivity index is 1.31. The maximum atomic E-state index is 13.1. The minimum atomic E-state index is -1.08. The highest BCUT2D eigenvalue weighted by atomic mass is 16.6. The van der Waals surface area contributed by atoms with Gasteiger partial charge in [-0.05, 0) is 28.8 Å². The Morgan fingerprint density at radius 2 is 1.35 bits per heavy atom. The maximum absolute atomic E-state index is 13.1. The summed E-state index contributed by atoms with van der Waals surface area (Å²) in [6, 6.07) is 39.5. The number of carbonyl (C=O) groups is 3. The third-order valence-electron chi connectivity index (χ3n) is 9.11. The van der Waals surface area contributed by atoms with E-state index >= 15 is 0 Å². The van der Waals surface area contributed by atoms with Crippen LogP contribution in [-0.4, -0.2) is 73.2 Å². The van der Waals surface area contributed by atoms with Gasteiger partial charge in [0.15, 0.2) is 17.0 Å². The van der Waals surface area contributed by atoms with E-state index in [1.54, 1.807) is 35.2 Å². The molecule has 12 nitrogen and oxygen atoms in total. The van der Waals surface area contributed by atoms with Gasteiger partial charge < -0.3 is 19.9 Å². The molecule has 1 aliphatic heterocycles. The Bertz CT molecular complexity index is 2050. The lowest BCUT2D eigenvalue weighted by Crippen LogP contribution is -2.57. The van der Waals surface area contributed by atoms with Crippen molar-refractivity contribution in [2.24, 2.45) is 0 Å². The van der Waals surface area contributed by atoms with Gasteiger partial charge in [0.25, 0.3) is 5.91 Å². The summed E-state index contributed by atoms with van der Waals surface area (Å²) < 4.78 is 14.1. The SMILES string of the molecule is O=C(O)CCC(=O)OC[C@@H]1CN(C(c2ccccc2)(c2ccccc2)c2ccccc2)C[C@H](n2cnc3c(NC(=O)c4ccccc4)ncnc32)O1. The molecule has 7 rings (SSSR count). The highest BCUT2D eigenvalue weighted by Crippen LogP contribution is 2.45. The normalized spacial score (nSPS) is 16.3. The van der Waals surface area contributed by atoms with Crippen molar-refractivity contribution in [3.63, 3.8) is 0 Å². The molecule has 52 heavy (non-hydrogen) atoms. The number of carbonyl (C=O) groups excluding carboxylic acids is 2. The van der Waals surface area contributed by atoms with E-state index in [9.17, 15) is 14.4 Å². The van der Waals surface area contributed by atoms with Crippen molar-refractivity contribution in [3.8, 4) is 0 Å². The van der Waals surface area contributed by atoms with Gasteiger partial charge in [-0.25, -0.2) is 15.0 Å². The van der Waals surface area contributed by atoms with Gasteiger partial charge >= 0.3 is 11.9 Å². The number of rotatable bonds is 12. The maximum Gasteiger partial charge on any atom is 0.306 e. The molecule has 6 aromatic rings. The summed E-state index contributed by atoms with van der Waals surface area (Å²) in [4.78, 5) is 52.6. The molecule has 1 aliphatic rings. The van der Waals surface area contributed by atoms with Gasteiger partial charge in [-0.1, -0.05) is 109 Å². The predicted molar refractivity (Wildman–Crippen MR) is 192 cm³/mol. The minimum absolute atomic E-state index is 0.111. The number of ether oxygens (including phenoxy) is 2. The van der Waals surface area contributed by atoms with Crippen LogP contribution in [0.1, 0.15) is 46.1 Å². The number of benzene rings is 4. The third-order valence-corrected chi connectivity index (χ3v) is 9.11. The van der Waals surface area contributed by atoms with Crippen molar-refractivity contribution in [2.45, 2.75) is 30.7 Å². The van der Waals surface area contributed by atoms with Crippen molar-refractivity contribution in [1.29, 1.82) is 0 Å². The number of carboxylic acid groups (broad SMARTS) is 1. The molecule has 0 unspecified atom stereocenters. The first kappa shape index (κ1) is 34.2. The molecule has 0 radical (unpaired) electrons. The van der Waals surface area contributed by atoms with E-state index in [0.29, 0.717) is 29.8 Å². The molecule has 3 heterocycles. The number of carboxylic acids is 1. The molecule has 0 bridgehead atoms. The number of aliphatic carboxylic acids is 1.